The van der Waals surface area contributed by atoms with E-state index in [9.17, 15) is 9.59 Å². The highest BCUT2D eigenvalue weighted by molar-refractivity contribution is 5.84. The Morgan fingerprint density at radius 2 is 1.40 bits per heavy atom. The van der Waals surface area contributed by atoms with E-state index in [0.29, 0.717) is 62.9 Å². The fourth-order valence-corrected chi connectivity index (χ4v) is 5.77. The summed E-state index contributed by atoms with van der Waals surface area (Å²) in [6, 6.07) is 11.8. The Morgan fingerprint density at radius 1 is 0.800 bits per heavy atom. The predicted molar refractivity (Wildman–Crippen MR) is 155 cm³/mol. The lowest BCUT2D eigenvalue weighted by atomic mass is 9.87. The molecule has 2 fully saturated rings. The summed E-state index contributed by atoms with van der Waals surface area (Å²) in [5.41, 5.74) is 1.79. The molecule has 2 atom stereocenters. The summed E-state index contributed by atoms with van der Waals surface area (Å²) in [7, 11) is 6.41. The molecule has 4 rings (SSSR count). The minimum atomic E-state index is -0.371. The molecule has 2 amide bonds. The molecule has 2 aromatic carbocycles. The molecule has 0 N–H and O–H groups in total. The summed E-state index contributed by atoms with van der Waals surface area (Å²) in [5.74, 6) is 1.98. The van der Waals surface area contributed by atoms with Gasteiger partial charge in [-0.1, -0.05) is 32.9 Å². The number of nitrogens with zero attached hydrogens (tertiary/aromatic N) is 3. The number of anilines is 1. The zero-order chi connectivity index (χ0) is 29.0. The normalized spacial score (nSPS) is 19.4. The Balaban J connectivity index is 1.59. The Kier molecular flexibility index (Phi) is 9.01. The molecule has 0 radical (unpaired) electrons. The molecule has 0 spiro atoms. The standard InChI is InChI=1S/C31H43N3O6/c1-31(2,3)18-28(35)34-19-22(21-16-26(38-5)29(40-7)27(17-21)39-6)23(20-34)30(36)33-14-12-32(13-15-33)24-10-8-9-11-25(24)37-4/h8-11,16-17,22-23H,12-15,18-20H2,1-7H3/t22-,23-/m1/s1. The number of hydrogen-bond donors (Lipinski definition) is 0. The van der Waals surface area contributed by atoms with Crippen molar-refractivity contribution < 1.29 is 28.5 Å². The van der Waals surface area contributed by atoms with Gasteiger partial charge in [-0.05, 0) is 35.2 Å². The van der Waals surface area contributed by atoms with Crippen LogP contribution < -0.4 is 23.8 Å². The number of methoxy groups -OCH3 is 4. The van der Waals surface area contributed by atoms with Crippen molar-refractivity contribution in [2.45, 2.75) is 33.1 Å². The SMILES string of the molecule is COc1ccccc1N1CCN(C(=O)[C@@H]2CN(C(=O)CC(C)(C)C)C[C@@H]2c2cc(OC)c(OC)c(OC)c2)CC1. The lowest BCUT2D eigenvalue weighted by Gasteiger charge is -2.38. The van der Waals surface area contributed by atoms with Crippen molar-refractivity contribution in [1.82, 2.24) is 9.80 Å². The molecular weight excluding hydrogens is 510 g/mol. The number of hydrogen-bond acceptors (Lipinski definition) is 7. The molecule has 0 saturated carbocycles. The minimum Gasteiger partial charge on any atom is -0.495 e. The lowest BCUT2D eigenvalue weighted by molar-refractivity contribution is -0.136. The fraction of sp³-hybridized carbons (Fsp3) is 0.548. The van der Waals surface area contributed by atoms with E-state index in [1.54, 1.807) is 28.4 Å². The van der Waals surface area contributed by atoms with Crippen LogP contribution in [0.3, 0.4) is 0 Å². The van der Waals surface area contributed by atoms with Crippen LogP contribution in [-0.4, -0.2) is 89.3 Å². The highest BCUT2D eigenvalue weighted by atomic mass is 16.5. The van der Waals surface area contributed by atoms with Gasteiger partial charge in [-0.25, -0.2) is 0 Å². The molecule has 2 heterocycles. The quantitative estimate of drug-likeness (QED) is 0.488. The number of benzene rings is 2. The highest BCUT2D eigenvalue weighted by Gasteiger charge is 2.43. The molecule has 2 aliphatic heterocycles. The van der Waals surface area contributed by atoms with Gasteiger partial charge in [-0.2, -0.15) is 0 Å². The first kappa shape index (κ1) is 29.4. The van der Waals surface area contributed by atoms with E-state index in [0.717, 1.165) is 17.0 Å². The fourth-order valence-electron chi connectivity index (χ4n) is 5.77. The van der Waals surface area contributed by atoms with Gasteiger partial charge in [0.2, 0.25) is 17.6 Å². The molecule has 0 aromatic heterocycles. The van der Waals surface area contributed by atoms with Crippen molar-refractivity contribution in [3.63, 3.8) is 0 Å². The van der Waals surface area contributed by atoms with Crippen molar-refractivity contribution in [3.8, 4) is 23.0 Å². The van der Waals surface area contributed by atoms with Gasteiger partial charge < -0.3 is 33.6 Å². The third-order valence-corrected chi connectivity index (χ3v) is 7.80. The van der Waals surface area contributed by atoms with Crippen molar-refractivity contribution in [3.05, 3.63) is 42.0 Å². The Morgan fingerprint density at radius 3 is 1.95 bits per heavy atom. The van der Waals surface area contributed by atoms with Crippen LogP contribution in [0, 0.1) is 11.3 Å². The van der Waals surface area contributed by atoms with Gasteiger partial charge in [0.15, 0.2) is 11.5 Å². The summed E-state index contributed by atoms with van der Waals surface area (Å²) in [5, 5.41) is 0. The van der Waals surface area contributed by atoms with Crippen LogP contribution in [0.15, 0.2) is 36.4 Å². The molecule has 9 heteroatoms. The number of likely N-dealkylation sites (tertiary alicyclic amines) is 1. The van der Waals surface area contributed by atoms with E-state index in [2.05, 4.69) is 25.7 Å². The zero-order valence-corrected chi connectivity index (χ0v) is 24.9. The van der Waals surface area contributed by atoms with Gasteiger partial charge in [0.25, 0.3) is 0 Å². The van der Waals surface area contributed by atoms with Crippen LogP contribution in [-0.2, 0) is 9.59 Å². The van der Waals surface area contributed by atoms with Gasteiger partial charge in [0, 0.05) is 51.6 Å². The number of carbonyl (C=O) groups excluding carboxylic acids is 2. The Hall–Kier alpha value is -3.62. The average Bonchev–Trinajstić information content (AvgIpc) is 3.41. The van der Waals surface area contributed by atoms with Crippen LogP contribution in [0.4, 0.5) is 5.69 Å². The predicted octanol–water partition coefficient (Wildman–Crippen LogP) is 4.05. The van der Waals surface area contributed by atoms with Crippen LogP contribution in [0.2, 0.25) is 0 Å². The zero-order valence-electron chi connectivity index (χ0n) is 24.9. The van der Waals surface area contributed by atoms with E-state index >= 15 is 0 Å². The largest absolute Gasteiger partial charge is 0.495 e. The molecule has 218 valence electrons. The van der Waals surface area contributed by atoms with E-state index in [4.69, 9.17) is 18.9 Å². The first-order chi connectivity index (χ1) is 19.1. The summed E-state index contributed by atoms with van der Waals surface area (Å²) < 4.78 is 22.3. The maximum atomic E-state index is 14.1. The molecule has 2 aliphatic rings. The molecule has 2 saturated heterocycles. The number of rotatable bonds is 8. The number of ether oxygens (including phenoxy) is 4. The number of carbonyl (C=O) groups is 2. The monoisotopic (exact) mass is 553 g/mol. The first-order valence-electron chi connectivity index (χ1n) is 13.8. The summed E-state index contributed by atoms with van der Waals surface area (Å²) in [4.78, 5) is 33.5. The molecule has 0 bridgehead atoms. The second-order valence-electron chi connectivity index (χ2n) is 11.7. The number of piperazine rings is 1. The Labute approximate surface area is 237 Å². The summed E-state index contributed by atoms with van der Waals surface area (Å²) in [6.45, 7) is 9.65. The summed E-state index contributed by atoms with van der Waals surface area (Å²) in [6.07, 6.45) is 0.424. The molecule has 2 aromatic rings. The molecule has 40 heavy (non-hydrogen) atoms. The highest BCUT2D eigenvalue weighted by Crippen LogP contribution is 2.44. The van der Waals surface area contributed by atoms with Crippen LogP contribution >= 0.6 is 0 Å². The third-order valence-electron chi connectivity index (χ3n) is 7.80. The lowest BCUT2D eigenvalue weighted by Crippen LogP contribution is -2.51. The summed E-state index contributed by atoms with van der Waals surface area (Å²) >= 11 is 0. The molecule has 0 aliphatic carbocycles. The van der Waals surface area contributed by atoms with Gasteiger partial charge >= 0.3 is 0 Å². The number of amides is 2. The van der Waals surface area contributed by atoms with Gasteiger partial charge in [0.05, 0.1) is 40.0 Å². The van der Waals surface area contributed by atoms with Crippen molar-refractivity contribution in [2.75, 3.05) is 72.6 Å². The smallest absolute Gasteiger partial charge is 0.228 e. The molecular formula is C31H43N3O6. The van der Waals surface area contributed by atoms with E-state index in [-0.39, 0.29) is 29.1 Å². The van der Waals surface area contributed by atoms with Crippen molar-refractivity contribution >= 4 is 17.5 Å². The third kappa shape index (κ3) is 6.24. The van der Waals surface area contributed by atoms with Gasteiger partial charge in [-0.15, -0.1) is 0 Å². The van der Waals surface area contributed by atoms with Crippen LogP contribution in [0.25, 0.3) is 0 Å². The molecule has 9 nitrogen and oxygen atoms in total. The molecule has 0 unspecified atom stereocenters. The second kappa shape index (κ2) is 12.3. The minimum absolute atomic E-state index is 0.0706. The first-order valence-corrected chi connectivity index (χ1v) is 13.8. The average molecular weight is 554 g/mol. The second-order valence-corrected chi connectivity index (χ2v) is 11.7. The van der Waals surface area contributed by atoms with E-state index in [1.807, 2.05) is 46.2 Å². The maximum Gasteiger partial charge on any atom is 0.228 e. The Bertz CT molecular complexity index is 1180. The van der Waals surface area contributed by atoms with Gasteiger partial charge in [-0.3, -0.25) is 9.59 Å². The van der Waals surface area contributed by atoms with E-state index < -0.39 is 0 Å². The van der Waals surface area contributed by atoms with Crippen LogP contribution in [0.5, 0.6) is 23.0 Å². The number of para-hydroxylation sites is 2. The van der Waals surface area contributed by atoms with Crippen molar-refractivity contribution in [1.29, 1.82) is 0 Å². The van der Waals surface area contributed by atoms with Crippen LogP contribution in [0.1, 0.15) is 38.7 Å². The topological polar surface area (TPSA) is 80.8 Å². The maximum absolute atomic E-state index is 14.1. The van der Waals surface area contributed by atoms with Gasteiger partial charge in [0.1, 0.15) is 5.75 Å². The van der Waals surface area contributed by atoms with E-state index in [1.165, 1.54) is 0 Å². The van der Waals surface area contributed by atoms with Crippen molar-refractivity contribution in [2.24, 2.45) is 11.3 Å².